The number of carboxylic acids is 1. The molecular weight excluding hydrogens is 244 g/mol. The van der Waals surface area contributed by atoms with E-state index in [2.05, 4.69) is 10.3 Å². The summed E-state index contributed by atoms with van der Waals surface area (Å²) in [6.45, 7) is 4.57. The van der Waals surface area contributed by atoms with Crippen molar-refractivity contribution in [1.29, 1.82) is 0 Å². The SMILES string of the molecule is CC(=O)Nc1cc(C)c2ccccc2n1.CC(=O)O. The number of aromatic nitrogens is 1. The highest BCUT2D eigenvalue weighted by atomic mass is 16.4. The molecule has 0 bridgehead atoms. The van der Waals surface area contributed by atoms with Gasteiger partial charge in [-0.2, -0.15) is 0 Å². The van der Waals surface area contributed by atoms with Crippen molar-refractivity contribution in [2.24, 2.45) is 0 Å². The fraction of sp³-hybridized carbons (Fsp3) is 0.214. The first-order valence-corrected chi connectivity index (χ1v) is 5.73. The lowest BCUT2D eigenvalue weighted by atomic mass is 10.1. The van der Waals surface area contributed by atoms with Gasteiger partial charge in [-0.3, -0.25) is 9.59 Å². The number of rotatable bonds is 1. The normalized spacial score (nSPS) is 9.42. The van der Waals surface area contributed by atoms with E-state index in [-0.39, 0.29) is 5.91 Å². The molecule has 2 rings (SSSR count). The maximum Gasteiger partial charge on any atom is 0.300 e. The number of benzene rings is 1. The minimum Gasteiger partial charge on any atom is -0.481 e. The third kappa shape index (κ3) is 4.75. The van der Waals surface area contributed by atoms with Gasteiger partial charge in [-0.25, -0.2) is 4.98 Å². The standard InChI is InChI=1S/C12H12N2O.C2H4O2/c1-8-7-12(13-9(2)15)14-11-6-4-3-5-10(8)11;1-2(3)4/h3-7H,1-2H3,(H,13,14,15);1H3,(H,3,4). The van der Waals surface area contributed by atoms with Crippen LogP contribution in [0.1, 0.15) is 19.4 Å². The van der Waals surface area contributed by atoms with E-state index < -0.39 is 5.97 Å². The number of amides is 1. The number of para-hydroxylation sites is 1. The van der Waals surface area contributed by atoms with Gasteiger partial charge in [0.1, 0.15) is 5.82 Å². The molecule has 5 heteroatoms. The van der Waals surface area contributed by atoms with Crippen LogP contribution in [0.5, 0.6) is 0 Å². The molecule has 0 aliphatic heterocycles. The predicted molar refractivity (Wildman–Crippen MR) is 74.1 cm³/mol. The van der Waals surface area contributed by atoms with Gasteiger partial charge in [0.2, 0.25) is 5.91 Å². The van der Waals surface area contributed by atoms with Gasteiger partial charge in [-0.05, 0) is 24.6 Å². The number of carbonyl (C=O) groups is 2. The van der Waals surface area contributed by atoms with E-state index in [1.807, 2.05) is 37.3 Å². The number of nitrogens with zero attached hydrogens (tertiary/aromatic N) is 1. The Balaban J connectivity index is 0.000000399. The van der Waals surface area contributed by atoms with Crippen molar-refractivity contribution < 1.29 is 14.7 Å². The van der Waals surface area contributed by atoms with Crippen LogP contribution in [0.25, 0.3) is 10.9 Å². The Morgan fingerprint density at radius 3 is 2.37 bits per heavy atom. The van der Waals surface area contributed by atoms with E-state index in [1.165, 1.54) is 6.92 Å². The zero-order valence-corrected chi connectivity index (χ0v) is 11.1. The number of carbonyl (C=O) groups excluding carboxylic acids is 1. The Hall–Kier alpha value is -2.43. The van der Waals surface area contributed by atoms with Crippen LogP contribution in [-0.4, -0.2) is 22.0 Å². The van der Waals surface area contributed by atoms with E-state index in [1.54, 1.807) is 0 Å². The number of nitrogens with one attached hydrogen (secondary N) is 1. The molecule has 0 atom stereocenters. The Morgan fingerprint density at radius 2 is 1.79 bits per heavy atom. The molecule has 0 aliphatic rings. The monoisotopic (exact) mass is 260 g/mol. The molecule has 2 N–H and O–H groups in total. The summed E-state index contributed by atoms with van der Waals surface area (Å²) in [5.41, 5.74) is 2.02. The number of aliphatic carboxylic acids is 1. The summed E-state index contributed by atoms with van der Waals surface area (Å²) in [6.07, 6.45) is 0. The highest BCUT2D eigenvalue weighted by Gasteiger charge is 2.02. The summed E-state index contributed by atoms with van der Waals surface area (Å²) in [7, 11) is 0. The summed E-state index contributed by atoms with van der Waals surface area (Å²) >= 11 is 0. The topological polar surface area (TPSA) is 79.3 Å². The van der Waals surface area contributed by atoms with E-state index in [4.69, 9.17) is 9.90 Å². The molecule has 2 aromatic rings. The maximum absolute atomic E-state index is 10.9. The number of aryl methyl sites for hydroxylation is 1. The maximum atomic E-state index is 10.9. The molecule has 1 amide bonds. The molecule has 0 aliphatic carbocycles. The number of carboxylic acid groups (broad SMARTS) is 1. The molecule has 0 saturated carbocycles. The first-order chi connectivity index (χ1) is 8.90. The summed E-state index contributed by atoms with van der Waals surface area (Å²) in [6, 6.07) is 9.76. The first kappa shape index (κ1) is 14.6. The number of hydrogen-bond donors (Lipinski definition) is 2. The van der Waals surface area contributed by atoms with Crippen molar-refractivity contribution >= 4 is 28.6 Å². The molecule has 5 nitrogen and oxygen atoms in total. The molecule has 19 heavy (non-hydrogen) atoms. The van der Waals surface area contributed by atoms with Gasteiger partial charge in [0.05, 0.1) is 5.52 Å². The molecule has 1 aromatic heterocycles. The van der Waals surface area contributed by atoms with Crippen LogP contribution in [-0.2, 0) is 9.59 Å². The summed E-state index contributed by atoms with van der Waals surface area (Å²) in [4.78, 5) is 24.3. The zero-order chi connectivity index (χ0) is 14.4. The number of pyridine rings is 1. The average molecular weight is 260 g/mol. The van der Waals surface area contributed by atoms with Crippen LogP contribution in [0.3, 0.4) is 0 Å². The summed E-state index contributed by atoms with van der Waals surface area (Å²) < 4.78 is 0. The molecule has 1 heterocycles. The number of hydrogen-bond acceptors (Lipinski definition) is 3. The van der Waals surface area contributed by atoms with Crippen LogP contribution < -0.4 is 5.32 Å². The van der Waals surface area contributed by atoms with Gasteiger partial charge >= 0.3 is 0 Å². The second kappa shape index (κ2) is 6.49. The van der Waals surface area contributed by atoms with Gasteiger partial charge in [0, 0.05) is 19.2 Å². The van der Waals surface area contributed by atoms with Crippen molar-refractivity contribution in [2.75, 3.05) is 5.32 Å². The molecule has 0 unspecified atom stereocenters. The third-order valence-corrected chi connectivity index (χ3v) is 2.23. The minimum atomic E-state index is -0.833. The molecular formula is C14H16N2O3. The van der Waals surface area contributed by atoms with Gasteiger partial charge < -0.3 is 10.4 Å². The smallest absolute Gasteiger partial charge is 0.300 e. The van der Waals surface area contributed by atoms with Crippen LogP contribution in [0, 0.1) is 6.92 Å². The fourth-order valence-electron chi connectivity index (χ4n) is 1.59. The molecule has 1 aromatic carbocycles. The van der Waals surface area contributed by atoms with Crippen molar-refractivity contribution in [3.05, 3.63) is 35.9 Å². The second-order valence-corrected chi connectivity index (χ2v) is 4.04. The fourth-order valence-corrected chi connectivity index (χ4v) is 1.59. The summed E-state index contributed by atoms with van der Waals surface area (Å²) in [5.74, 6) is -0.323. The van der Waals surface area contributed by atoms with Crippen molar-refractivity contribution in [1.82, 2.24) is 4.98 Å². The highest BCUT2D eigenvalue weighted by molar-refractivity contribution is 5.90. The third-order valence-electron chi connectivity index (χ3n) is 2.23. The quantitative estimate of drug-likeness (QED) is 0.826. The molecule has 0 radical (unpaired) electrons. The van der Waals surface area contributed by atoms with Gasteiger partial charge in [0.25, 0.3) is 5.97 Å². The van der Waals surface area contributed by atoms with Gasteiger partial charge in [0.15, 0.2) is 0 Å². The largest absolute Gasteiger partial charge is 0.481 e. The van der Waals surface area contributed by atoms with Crippen LogP contribution >= 0.6 is 0 Å². The Morgan fingerprint density at radius 1 is 1.21 bits per heavy atom. The number of fused-ring (bicyclic) bond motifs is 1. The van der Waals surface area contributed by atoms with Crippen molar-refractivity contribution in [2.45, 2.75) is 20.8 Å². The van der Waals surface area contributed by atoms with Gasteiger partial charge in [-0.1, -0.05) is 18.2 Å². The minimum absolute atomic E-state index is 0.0998. The van der Waals surface area contributed by atoms with Crippen molar-refractivity contribution in [3.8, 4) is 0 Å². The van der Waals surface area contributed by atoms with Crippen LogP contribution in [0.2, 0.25) is 0 Å². The van der Waals surface area contributed by atoms with Crippen molar-refractivity contribution in [3.63, 3.8) is 0 Å². The van der Waals surface area contributed by atoms with E-state index in [0.717, 1.165) is 23.4 Å². The van der Waals surface area contributed by atoms with E-state index >= 15 is 0 Å². The lowest BCUT2D eigenvalue weighted by molar-refractivity contribution is -0.134. The second-order valence-electron chi connectivity index (χ2n) is 4.04. The van der Waals surface area contributed by atoms with E-state index in [9.17, 15) is 4.79 Å². The Kier molecular flexibility index (Phi) is 5.00. The average Bonchev–Trinajstić information content (AvgIpc) is 2.27. The first-order valence-electron chi connectivity index (χ1n) is 5.73. The lowest BCUT2D eigenvalue weighted by Crippen LogP contribution is -2.07. The Bertz CT molecular complexity index is 605. The predicted octanol–water partition coefficient (Wildman–Crippen LogP) is 2.59. The van der Waals surface area contributed by atoms with Crippen LogP contribution in [0.15, 0.2) is 30.3 Å². The molecule has 0 spiro atoms. The van der Waals surface area contributed by atoms with Crippen LogP contribution in [0.4, 0.5) is 5.82 Å². The molecule has 100 valence electrons. The Labute approximate surface area is 111 Å². The summed E-state index contributed by atoms with van der Waals surface area (Å²) in [5, 5.41) is 11.2. The zero-order valence-electron chi connectivity index (χ0n) is 11.1. The number of anilines is 1. The highest BCUT2D eigenvalue weighted by Crippen LogP contribution is 2.19. The van der Waals surface area contributed by atoms with Gasteiger partial charge in [-0.15, -0.1) is 0 Å². The molecule has 0 saturated heterocycles. The lowest BCUT2D eigenvalue weighted by Gasteiger charge is -2.05. The van der Waals surface area contributed by atoms with E-state index in [0.29, 0.717) is 5.82 Å². The molecule has 0 fully saturated rings.